The Morgan fingerprint density at radius 3 is 2.56 bits per heavy atom. The van der Waals surface area contributed by atoms with E-state index >= 15 is 0 Å². The summed E-state index contributed by atoms with van der Waals surface area (Å²) in [6.45, 7) is 4.03. The van der Waals surface area contributed by atoms with E-state index in [4.69, 9.17) is 4.74 Å². The lowest BCUT2D eigenvalue weighted by Gasteiger charge is -2.11. The highest BCUT2D eigenvalue weighted by Gasteiger charge is 2.13. The maximum atomic E-state index is 5.58. The van der Waals surface area contributed by atoms with Crippen molar-refractivity contribution in [3.05, 3.63) is 29.8 Å². The van der Waals surface area contributed by atoms with E-state index in [-0.39, 0.29) is 0 Å². The summed E-state index contributed by atoms with van der Waals surface area (Å²) in [5, 5.41) is 3.65. The summed E-state index contributed by atoms with van der Waals surface area (Å²) < 4.78 is 5.58. The lowest BCUT2D eigenvalue weighted by Crippen LogP contribution is -2.27. The summed E-state index contributed by atoms with van der Waals surface area (Å²) in [5.41, 5.74) is 1.39. The fourth-order valence-electron chi connectivity index (χ4n) is 2.52. The molecule has 2 nitrogen and oxygen atoms in total. The first-order chi connectivity index (χ1) is 8.88. The van der Waals surface area contributed by atoms with Gasteiger partial charge in [0.05, 0.1) is 6.61 Å². The van der Waals surface area contributed by atoms with Gasteiger partial charge in [0.2, 0.25) is 0 Å². The van der Waals surface area contributed by atoms with Gasteiger partial charge in [-0.1, -0.05) is 31.9 Å². The van der Waals surface area contributed by atoms with E-state index in [2.05, 4.69) is 36.5 Å². The molecule has 0 aromatic heterocycles. The van der Waals surface area contributed by atoms with Gasteiger partial charge in [0.1, 0.15) is 5.75 Å². The molecule has 100 valence electrons. The normalized spacial score (nSPS) is 16.1. The van der Waals surface area contributed by atoms with Crippen LogP contribution in [0.3, 0.4) is 0 Å². The Morgan fingerprint density at radius 2 is 1.89 bits per heavy atom. The monoisotopic (exact) mass is 247 g/mol. The number of benzene rings is 1. The van der Waals surface area contributed by atoms with Gasteiger partial charge in [-0.3, -0.25) is 0 Å². The Hall–Kier alpha value is -1.02. The summed E-state index contributed by atoms with van der Waals surface area (Å²) in [7, 11) is 0. The van der Waals surface area contributed by atoms with Crippen LogP contribution in [-0.4, -0.2) is 19.2 Å². The van der Waals surface area contributed by atoms with Gasteiger partial charge in [-0.15, -0.1) is 0 Å². The molecule has 0 bridgehead atoms. The fraction of sp³-hybridized carbons (Fsp3) is 0.625. The summed E-state index contributed by atoms with van der Waals surface area (Å²) in [4.78, 5) is 0. The van der Waals surface area contributed by atoms with Gasteiger partial charge in [0.15, 0.2) is 0 Å². The minimum atomic E-state index is 0.775. The van der Waals surface area contributed by atoms with Gasteiger partial charge in [-0.2, -0.15) is 0 Å². The van der Waals surface area contributed by atoms with E-state index in [9.17, 15) is 0 Å². The van der Waals surface area contributed by atoms with Crippen molar-refractivity contribution in [2.24, 2.45) is 0 Å². The zero-order valence-corrected chi connectivity index (χ0v) is 11.5. The van der Waals surface area contributed by atoms with Gasteiger partial charge >= 0.3 is 0 Å². The molecule has 1 aromatic rings. The maximum absolute atomic E-state index is 5.58. The highest BCUT2D eigenvalue weighted by atomic mass is 16.5. The second kappa shape index (κ2) is 7.42. The first kappa shape index (κ1) is 13.4. The minimum Gasteiger partial charge on any atom is -0.494 e. The minimum absolute atomic E-state index is 0.775. The summed E-state index contributed by atoms with van der Waals surface area (Å²) in [6.07, 6.45) is 7.72. The van der Waals surface area contributed by atoms with E-state index in [1.807, 2.05) is 0 Å². The molecule has 0 saturated heterocycles. The molecule has 2 rings (SSSR count). The Labute approximate surface area is 111 Å². The molecule has 1 saturated carbocycles. The van der Waals surface area contributed by atoms with Crippen molar-refractivity contribution in [3.8, 4) is 5.75 Å². The number of hydrogen-bond donors (Lipinski definition) is 1. The SMILES string of the molecule is CCCOc1ccc(CCNC2CCCC2)cc1. The summed E-state index contributed by atoms with van der Waals surface area (Å²) in [5.74, 6) is 0.990. The quantitative estimate of drug-likeness (QED) is 0.795. The number of rotatable bonds is 7. The van der Waals surface area contributed by atoms with Crippen molar-refractivity contribution in [1.82, 2.24) is 5.32 Å². The van der Waals surface area contributed by atoms with Crippen molar-refractivity contribution in [1.29, 1.82) is 0 Å². The third-order valence-corrected chi connectivity index (χ3v) is 3.60. The standard InChI is InChI=1S/C16H25NO/c1-2-13-18-16-9-7-14(8-10-16)11-12-17-15-5-3-4-6-15/h7-10,15,17H,2-6,11-13H2,1H3. The third-order valence-electron chi connectivity index (χ3n) is 3.60. The molecule has 1 aromatic carbocycles. The number of nitrogens with one attached hydrogen (secondary N) is 1. The highest BCUT2D eigenvalue weighted by Crippen LogP contribution is 2.17. The Bertz CT molecular complexity index is 327. The van der Waals surface area contributed by atoms with Gasteiger partial charge in [0, 0.05) is 6.04 Å². The molecule has 2 heteroatoms. The van der Waals surface area contributed by atoms with Gasteiger partial charge in [-0.25, -0.2) is 0 Å². The Kier molecular flexibility index (Phi) is 5.53. The molecule has 0 spiro atoms. The molecule has 1 fully saturated rings. The van der Waals surface area contributed by atoms with Crippen LogP contribution in [-0.2, 0) is 6.42 Å². The van der Waals surface area contributed by atoms with E-state index in [0.717, 1.165) is 37.8 Å². The second-order valence-electron chi connectivity index (χ2n) is 5.18. The smallest absolute Gasteiger partial charge is 0.119 e. The summed E-state index contributed by atoms with van der Waals surface area (Å²) in [6, 6.07) is 9.31. The Balaban J connectivity index is 1.68. The molecule has 0 radical (unpaired) electrons. The van der Waals surface area contributed by atoms with Crippen molar-refractivity contribution in [2.45, 2.75) is 51.5 Å². The molecule has 18 heavy (non-hydrogen) atoms. The topological polar surface area (TPSA) is 21.3 Å². The summed E-state index contributed by atoms with van der Waals surface area (Å²) >= 11 is 0. The molecule has 1 aliphatic carbocycles. The van der Waals surface area contributed by atoms with Gasteiger partial charge in [0.25, 0.3) is 0 Å². The first-order valence-electron chi connectivity index (χ1n) is 7.33. The molecule has 0 atom stereocenters. The molecule has 0 unspecified atom stereocenters. The van der Waals surface area contributed by atoms with Crippen LogP contribution in [0.1, 0.15) is 44.6 Å². The molecule has 0 amide bonds. The average Bonchev–Trinajstić information content (AvgIpc) is 2.91. The van der Waals surface area contributed by atoms with E-state index < -0.39 is 0 Å². The molecule has 0 heterocycles. The average molecular weight is 247 g/mol. The fourth-order valence-corrected chi connectivity index (χ4v) is 2.52. The number of ether oxygens (including phenoxy) is 1. The van der Waals surface area contributed by atoms with Crippen LogP contribution in [0.5, 0.6) is 5.75 Å². The first-order valence-corrected chi connectivity index (χ1v) is 7.33. The molecule has 0 aliphatic heterocycles. The third kappa shape index (κ3) is 4.34. The maximum Gasteiger partial charge on any atom is 0.119 e. The Morgan fingerprint density at radius 1 is 1.17 bits per heavy atom. The van der Waals surface area contributed by atoms with Crippen LogP contribution in [0.2, 0.25) is 0 Å². The zero-order chi connectivity index (χ0) is 12.6. The van der Waals surface area contributed by atoms with Crippen molar-refractivity contribution in [2.75, 3.05) is 13.2 Å². The predicted molar refractivity (Wildman–Crippen MR) is 76.2 cm³/mol. The molecule has 1 aliphatic rings. The number of hydrogen-bond acceptors (Lipinski definition) is 2. The van der Waals surface area contributed by atoms with E-state index in [1.54, 1.807) is 0 Å². The van der Waals surface area contributed by atoms with Crippen LogP contribution in [0.25, 0.3) is 0 Å². The largest absolute Gasteiger partial charge is 0.494 e. The molecular formula is C16H25NO. The highest BCUT2D eigenvalue weighted by molar-refractivity contribution is 5.27. The van der Waals surface area contributed by atoms with Crippen molar-refractivity contribution < 1.29 is 4.74 Å². The van der Waals surface area contributed by atoms with Crippen molar-refractivity contribution in [3.63, 3.8) is 0 Å². The van der Waals surface area contributed by atoms with Crippen molar-refractivity contribution >= 4 is 0 Å². The van der Waals surface area contributed by atoms with Crippen LogP contribution in [0.4, 0.5) is 0 Å². The lowest BCUT2D eigenvalue weighted by atomic mass is 10.1. The van der Waals surface area contributed by atoms with Crippen LogP contribution in [0.15, 0.2) is 24.3 Å². The van der Waals surface area contributed by atoms with E-state index in [1.165, 1.54) is 31.2 Å². The van der Waals surface area contributed by atoms with Gasteiger partial charge < -0.3 is 10.1 Å². The van der Waals surface area contributed by atoms with Crippen LogP contribution < -0.4 is 10.1 Å². The van der Waals surface area contributed by atoms with Crippen LogP contribution in [0, 0.1) is 0 Å². The van der Waals surface area contributed by atoms with Crippen LogP contribution >= 0.6 is 0 Å². The predicted octanol–water partition coefficient (Wildman–Crippen LogP) is 3.55. The zero-order valence-electron chi connectivity index (χ0n) is 11.5. The van der Waals surface area contributed by atoms with E-state index in [0.29, 0.717) is 0 Å². The molecular weight excluding hydrogens is 222 g/mol. The lowest BCUT2D eigenvalue weighted by molar-refractivity contribution is 0.317. The second-order valence-corrected chi connectivity index (χ2v) is 5.18. The molecule has 1 N–H and O–H groups in total. The van der Waals surface area contributed by atoms with Gasteiger partial charge in [-0.05, 0) is 49.9 Å².